The second-order valence-electron chi connectivity index (χ2n) is 7.30. The number of aromatic nitrogens is 1. The molecule has 0 radical (unpaired) electrons. The van der Waals surface area contributed by atoms with Gasteiger partial charge in [-0.2, -0.15) is 0 Å². The largest absolute Gasteiger partial charge is 0.486 e. The summed E-state index contributed by atoms with van der Waals surface area (Å²) in [6, 6.07) is 12.5. The molecule has 1 aliphatic heterocycles. The third-order valence-corrected chi connectivity index (χ3v) is 5.62. The molecule has 0 unspecified atom stereocenters. The van der Waals surface area contributed by atoms with Gasteiger partial charge in [-0.3, -0.25) is 10.1 Å². The number of benzene rings is 2. The number of nitrogens with one attached hydrogen (secondary N) is 3. The first kappa shape index (κ1) is 19.4. The maximum atomic E-state index is 12.7. The highest BCUT2D eigenvalue weighted by molar-refractivity contribution is 7.14. The lowest BCUT2D eigenvalue weighted by Gasteiger charge is -2.18. The van der Waals surface area contributed by atoms with Crippen molar-refractivity contribution in [1.82, 2.24) is 10.3 Å². The Hall–Kier alpha value is -3.59. The number of nitrogens with zero attached hydrogens (tertiary/aromatic N) is 1. The third kappa shape index (κ3) is 4.61. The van der Waals surface area contributed by atoms with Gasteiger partial charge < -0.3 is 20.1 Å². The zero-order chi connectivity index (χ0) is 21.2. The zero-order valence-electron chi connectivity index (χ0n) is 16.5. The Labute approximate surface area is 182 Å². The molecule has 5 rings (SSSR count). The number of rotatable bonds is 5. The van der Waals surface area contributed by atoms with Crippen molar-refractivity contribution in [2.75, 3.05) is 23.8 Å². The number of hydrogen-bond donors (Lipinski definition) is 3. The van der Waals surface area contributed by atoms with Crippen LogP contribution in [-0.4, -0.2) is 36.2 Å². The smallest absolute Gasteiger partial charge is 0.319 e. The number of hydrogen-bond acceptors (Lipinski definition) is 6. The van der Waals surface area contributed by atoms with Crippen molar-refractivity contribution in [3.05, 3.63) is 53.4 Å². The van der Waals surface area contributed by atoms with Gasteiger partial charge in [-0.25, -0.2) is 9.78 Å². The van der Waals surface area contributed by atoms with Crippen LogP contribution in [0.2, 0.25) is 0 Å². The van der Waals surface area contributed by atoms with E-state index < -0.39 is 0 Å². The summed E-state index contributed by atoms with van der Waals surface area (Å²) in [5, 5.41) is 10.8. The predicted octanol–water partition coefficient (Wildman–Crippen LogP) is 4.12. The molecule has 1 aliphatic carbocycles. The summed E-state index contributed by atoms with van der Waals surface area (Å²) in [5.74, 6) is 1.12. The van der Waals surface area contributed by atoms with Crippen molar-refractivity contribution < 1.29 is 19.1 Å². The van der Waals surface area contributed by atoms with E-state index in [9.17, 15) is 9.59 Å². The van der Waals surface area contributed by atoms with Gasteiger partial charge >= 0.3 is 6.03 Å². The molecule has 2 heterocycles. The Morgan fingerprint density at radius 3 is 2.68 bits per heavy atom. The summed E-state index contributed by atoms with van der Waals surface area (Å²) in [7, 11) is 0. The first-order valence-corrected chi connectivity index (χ1v) is 10.9. The lowest BCUT2D eigenvalue weighted by molar-refractivity contribution is 0.102. The minimum Gasteiger partial charge on any atom is -0.486 e. The van der Waals surface area contributed by atoms with Crippen LogP contribution in [-0.2, 0) is 0 Å². The van der Waals surface area contributed by atoms with E-state index in [4.69, 9.17) is 9.47 Å². The van der Waals surface area contributed by atoms with Gasteiger partial charge in [0, 0.05) is 28.2 Å². The normalized spacial score (nSPS) is 14.6. The molecule has 0 bridgehead atoms. The quantitative estimate of drug-likeness (QED) is 0.559. The molecule has 1 fully saturated rings. The number of thiazole rings is 1. The van der Waals surface area contributed by atoms with E-state index >= 15 is 0 Å². The van der Waals surface area contributed by atoms with Crippen molar-refractivity contribution >= 4 is 34.1 Å². The number of carbonyl (C=O) groups is 2. The Morgan fingerprint density at radius 2 is 1.84 bits per heavy atom. The summed E-state index contributed by atoms with van der Waals surface area (Å²) in [6.45, 7) is 1.06. The highest BCUT2D eigenvalue weighted by Crippen LogP contribution is 2.35. The van der Waals surface area contributed by atoms with E-state index in [2.05, 4.69) is 20.9 Å². The van der Waals surface area contributed by atoms with Gasteiger partial charge in [0.15, 0.2) is 16.6 Å². The number of carbonyl (C=O) groups excluding carboxylic acids is 2. The molecule has 1 saturated carbocycles. The van der Waals surface area contributed by atoms with E-state index in [0.717, 1.165) is 29.8 Å². The van der Waals surface area contributed by atoms with Crippen LogP contribution in [0.1, 0.15) is 23.2 Å². The van der Waals surface area contributed by atoms with E-state index in [0.29, 0.717) is 35.3 Å². The second-order valence-corrected chi connectivity index (χ2v) is 8.16. The molecule has 158 valence electrons. The van der Waals surface area contributed by atoms with Crippen molar-refractivity contribution in [1.29, 1.82) is 0 Å². The lowest BCUT2D eigenvalue weighted by Crippen LogP contribution is -2.30. The lowest BCUT2D eigenvalue weighted by atomic mass is 10.1. The van der Waals surface area contributed by atoms with Gasteiger partial charge in [0.1, 0.15) is 13.2 Å². The molecule has 31 heavy (non-hydrogen) atoms. The Kier molecular flexibility index (Phi) is 5.17. The Balaban J connectivity index is 1.25. The predicted molar refractivity (Wildman–Crippen MR) is 118 cm³/mol. The van der Waals surface area contributed by atoms with Crippen LogP contribution in [0.25, 0.3) is 11.3 Å². The summed E-state index contributed by atoms with van der Waals surface area (Å²) < 4.78 is 11.2. The first-order chi connectivity index (χ1) is 15.1. The summed E-state index contributed by atoms with van der Waals surface area (Å²) in [4.78, 5) is 29.1. The average molecular weight is 436 g/mol. The standard InChI is InChI=1S/C22H20N4O4S/c27-20(14-2-1-3-16(10-14)24-21(28)23-15-5-6-15)26-22-25-17(12-31-22)13-4-7-18-19(11-13)30-9-8-29-18/h1-4,7,10-12,15H,5-6,8-9H2,(H2,23,24,28)(H,25,26,27). The molecule has 1 aromatic heterocycles. The summed E-state index contributed by atoms with van der Waals surface area (Å²) in [5.41, 5.74) is 2.61. The molecule has 3 N–H and O–H groups in total. The fourth-order valence-corrected chi connectivity index (χ4v) is 3.87. The second kappa shape index (κ2) is 8.27. The van der Waals surface area contributed by atoms with E-state index in [1.54, 1.807) is 24.3 Å². The van der Waals surface area contributed by atoms with Crippen molar-refractivity contribution in [2.24, 2.45) is 0 Å². The Morgan fingerprint density at radius 1 is 1.00 bits per heavy atom. The van der Waals surface area contributed by atoms with Crippen molar-refractivity contribution in [3.8, 4) is 22.8 Å². The first-order valence-electron chi connectivity index (χ1n) is 9.98. The van der Waals surface area contributed by atoms with E-state index in [-0.39, 0.29) is 18.0 Å². The number of anilines is 2. The van der Waals surface area contributed by atoms with Crippen LogP contribution in [0.4, 0.5) is 15.6 Å². The number of ether oxygens (including phenoxy) is 2. The summed E-state index contributed by atoms with van der Waals surface area (Å²) in [6.07, 6.45) is 2.02. The van der Waals surface area contributed by atoms with Crippen LogP contribution >= 0.6 is 11.3 Å². The van der Waals surface area contributed by atoms with Gasteiger partial charge in [0.2, 0.25) is 0 Å². The van der Waals surface area contributed by atoms with Gasteiger partial charge in [0.05, 0.1) is 5.69 Å². The molecule has 9 heteroatoms. The van der Waals surface area contributed by atoms with Crippen LogP contribution in [0.15, 0.2) is 47.8 Å². The van der Waals surface area contributed by atoms with Crippen molar-refractivity contribution in [2.45, 2.75) is 18.9 Å². The SMILES string of the molecule is O=C(Nc1cccc(C(=O)Nc2nc(-c3ccc4c(c3)OCCO4)cs2)c1)NC1CC1. The van der Waals surface area contributed by atoms with Crippen LogP contribution in [0.5, 0.6) is 11.5 Å². The van der Waals surface area contributed by atoms with Crippen molar-refractivity contribution in [3.63, 3.8) is 0 Å². The number of fused-ring (bicyclic) bond motifs is 1. The monoisotopic (exact) mass is 436 g/mol. The molecule has 3 amide bonds. The molecule has 2 aromatic carbocycles. The van der Waals surface area contributed by atoms with Crippen LogP contribution in [0.3, 0.4) is 0 Å². The van der Waals surface area contributed by atoms with Crippen LogP contribution in [0, 0.1) is 0 Å². The van der Waals surface area contributed by atoms with E-state index in [1.807, 2.05) is 23.6 Å². The third-order valence-electron chi connectivity index (χ3n) is 4.86. The zero-order valence-corrected chi connectivity index (χ0v) is 17.3. The van der Waals surface area contributed by atoms with Gasteiger partial charge in [-0.1, -0.05) is 6.07 Å². The number of amides is 3. The molecule has 0 atom stereocenters. The highest BCUT2D eigenvalue weighted by atomic mass is 32.1. The minimum atomic E-state index is -0.297. The maximum absolute atomic E-state index is 12.7. The minimum absolute atomic E-state index is 0.260. The average Bonchev–Trinajstić information content (AvgIpc) is 3.47. The molecular weight excluding hydrogens is 416 g/mol. The fraction of sp³-hybridized carbons (Fsp3) is 0.227. The number of urea groups is 1. The molecule has 8 nitrogen and oxygen atoms in total. The molecule has 2 aliphatic rings. The molecule has 0 spiro atoms. The molecule has 3 aromatic rings. The molecular formula is C22H20N4O4S. The van der Waals surface area contributed by atoms with Crippen LogP contribution < -0.4 is 25.4 Å². The fourth-order valence-electron chi connectivity index (χ4n) is 3.15. The molecule has 0 saturated heterocycles. The maximum Gasteiger partial charge on any atom is 0.319 e. The summed E-state index contributed by atoms with van der Waals surface area (Å²) >= 11 is 1.34. The van der Waals surface area contributed by atoms with Gasteiger partial charge in [-0.15, -0.1) is 11.3 Å². The van der Waals surface area contributed by atoms with Gasteiger partial charge in [0.25, 0.3) is 5.91 Å². The van der Waals surface area contributed by atoms with E-state index in [1.165, 1.54) is 11.3 Å². The Bertz CT molecular complexity index is 1140. The highest BCUT2D eigenvalue weighted by Gasteiger charge is 2.23. The van der Waals surface area contributed by atoms with Gasteiger partial charge in [-0.05, 0) is 49.2 Å². The topological polar surface area (TPSA) is 102 Å².